The molecule has 1 fully saturated rings. The third-order valence-electron chi connectivity index (χ3n) is 2.04. The number of aliphatic hydroxyl groups excluding tert-OH is 1. The first kappa shape index (κ1) is 17.3. The zero-order valence-electron chi connectivity index (χ0n) is 11.0. The van der Waals surface area contributed by atoms with E-state index in [1.54, 1.807) is 0 Å². The molecule has 0 saturated carbocycles. The van der Waals surface area contributed by atoms with E-state index in [0.717, 1.165) is 12.2 Å². The van der Waals surface area contributed by atoms with E-state index in [1.165, 1.54) is 0 Å². The van der Waals surface area contributed by atoms with Crippen LogP contribution in [0, 0.1) is 0 Å². The molecule has 0 aromatic rings. The molecule has 1 aliphatic rings. The van der Waals surface area contributed by atoms with Crippen molar-refractivity contribution in [3.05, 3.63) is 25.3 Å². The van der Waals surface area contributed by atoms with Gasteiger partial charge in [-0.25, -0.2) is 9.59 Å². The van der Waals surface area contributed by atoms with Crippen LogP contribution in [0.3, 0.4) is 0 Å². The third-order valence-corrected chi connectivity index (χ3v) is 2.04. The maximum Gasteiger partial charge on any atom is 0.330 e. The number of hydrogen-bond acceptors (Lipinski definition) is 6. The lowest BCUT2D eigenvalue weighted by Crippen LogP contribution is -2.16. The molecule has 1 saturated heterocycles. The van der Waals surface area contributed by atoms with Crippen molar-refractivity contribution in [1.82, 2.24) is 0 Å². The van der Waals surface area contributed by atoms with Crippen LogP contribution >= 0.6 is 0 Å². The Morgan fingerprint density at radius 1 is 1.37 bits per heavy atom. The Balaban J connectivity index is 0.000000342. The molecule has 1 heterocycles. The van der Waals surface area contributed by atoms with Crippen LogP contribution in [0.15, 0.2) is 25.3 Å². The minimum Gasteiger partial charge on any atom is -0.460 e. The van der Waals surface area contributed by atoms with E-state index in [4.69, 9.17) is 9.84 Å². The average Bonchev–Trinajstić information content (AvgIpc) is 3.26. The highest BCUT2D eigenvalue weighted by Gasteiger charge is 2.23. The van der Waals surface area contributed by atoms with Gasteiger partial charge in [-0.1, -0.05) is 20.1 Å². The van der Waals surface area contributed by atoms with Crippen LogP contribution in [-0.2, 0) is 23.8 Å². The van der Waals surface area contributed by atoms with Gasteiger partial charge in [0.15, 0.2) is 0 Å². The van der Waals surface area contributed by atoms with Crippen LogP contribution in [0.2, 0.25) is 0 Å². The molecule has 0 aliphatic carbocycles. The minimum atomic E-state index is -0.552. The Morgan fingerprint density at radius 2 is 1.89 bits per heavy atom. The summed E-state index contributed by atoms with van der Waals surface area (Å²) in [5, 5.41) is 8.89. The van der Waals surface area contributed by atoms with Gasteiger partial charge >= 0.3 is 11.9 Å². The highest BCUT2D eigenvalue weighted by Crippen LogP contribution is 2.08. The van der Waals surface area contributed by atoms with E-state index in [0.29, 0.717) is 19.6 Å². The van der Waals surface area contributed by atoms with Gasteiger partial charge in [0.2, 0.25) is 0 Å². The second-order valence-electron chi connectivity index (χ2n) is 3.69. The molecule has 1 rings (SSSR count). The average molecular weight is 272 g/mol. The minimum absolute atomic E-state index is 0.0569. The Kier molecular flexibility index (Phi) is 9.38. The molecule has 6 nitrogen and oxygen atoms in total. The Bertz CT molecular complexity index is 308. The normalized spacial score (nSPS) is 17.3. The summed E-state index contributed by atoms with van der Waals surface area (Å²) >= 11 is 0. The first-order valence-electron chi connectivity index (χ1n) is 5.91. The molecule has 0 aromatic heterocycles. The summed E-state index contributed by atoms with van der Waals surface area (Å²) in [4.78, 5) is 20.7. The molecular weight excluding hydrogens is 252 g/mol. The van der Waals surface area contributed by atoms with Gasteiger partial charge in [-0.3, -0.25) is 0 Å². The van der Waals surface area contributed by atoms with Crippen LogP contribution in [0.1, 0.15) is 13.3 Å². The zero-order chi connectivity index (χ0) is 14.7. The molecule has 6 heteroatoms. The molecule has 1 aliphatic heterocycles. The number of hydrogen-bond donors (Lipinski definition) is 1. The van der Waals surface area contributed by atoms with E-state index >= 15 is 0 Å². The number of epoxide rings is 1. The fraction of sp³-hybridized carbons (Fsp3) is 0.538. The lowest BCUT2D eigenvalue weighted by Gasteiger charge is -2.05. The second kappa shape index (κ2) is 10.3. The van der Waals surface area contributed by atoms with Crippen molar-refractivity contribution in [3.63, 3.8) is 0 Å². The molecule has 108 valence electrons. The summed E-state index contributed by atoms with van der Waals surface area (Å²) in [7, 11) is 0. The van der Waals surface area contributed by atoms with E-state index < -0.39 is 12.1 Å². The Morgan fingerprint density at radius 3 is 2.32 bits per heavy atom. The molecule has 0 bridgehead atoms. The van der Waals surface area contributed by atoms with E-state index in [2.05, 4.69) is 22.6 Å². The fourth-order valence-corrected chi connectivity index (χ4v) is 0.753. The second-order valence-corrected chi connectivity index (χ2v) is 3.69. The van der Waals surface area contributed by atoms with Crippen molar-refractivity contribution in [2.45, 2.75) is 25.6 Å². The predicted molar refractivity (Wildman–Crippen MR) is 68.3 cm³/mol. The van der Waals surface area contributed by atoms with Gasteiger partial charge in [-0.05, 0) is 6.42 Å². The quantitative estimate of drug-likeness (QED) is 0.415. The Labute approximate surface area is 112 Å². The van der Waals surface area contributed by atoms with Crippen molar-refractivity contribution >= 4 is 11.9 Å². The SMILES string of the molecule is C=CC(=O)OCC(O)CC.C=CC(=O)OCC1CO1. The highest BCUT2D eigenvalue weighted by atomic mass is 16.6. The monoisotopic (exact) mass is 272 g/mol. The summed E-state index contributed by atoms with van der Waals surface area (Å²) in [6, 6.07) is 0. The summed E-state index contributed by atoms with van der Waals surface area (Å²) in [6.45, 7) is 9.40. The summed E-state index contributed by atoms with van der Waals surface area (Å²) in [5.41, 5.74) is 0. The van der Waals surface area contributed by atoms with Crippen LogP contribution < -0.4 is 0 Å². The molecule has 2 atom stereocenters. The molecule has 2 unspecified atom stereocenters. The molecule has 0 aromatic carbocycles. The number of rotatable bonds is 7. The largest absolute Gasteiger partial charge is 0.460 e. The summed E-state index contributed by atoms with van der Waals surface area (Å²) < 4.78 is 14.0. The first-order valence-corrected chi connectivity index (χ1v) is 5.91. The van der Waals surface area contributed by atoms with Gasteiger partial charge in [0.1, 0.15) is 19.3 Å². The van der Waals surface area contributed by atoms with Gasteiger partial charge in [0, 0.05) is 12.2 Å². The lowest BCUT2D eigenvalue weighted by molar-refractivity contribution is -0.140. The van der Waals surface area contributed by atoms with Gasteiger partial charge in [0.05, 0.1) is 12.7 Å². The maximum atomic E-state index is 10.4. The number of carbonyl (C=O) groups excluding carboxylic acids is 2. The van der Waals surface area contributed by atoms with Gasteiger partial charge < -0.3 is 19.3 Å². The smallest absolute Gasteiger partial charge is 0.330 e. The van der Waals surface area contributed by atoms with E-state index in [1.807, 2.05) is 6.92 Å². The van der Waals surface area contributed by atoms with Crippen molar-refractivity contribution in [2.75, 3.05) is 19.8 Å². The number of carbonyl (C=O) groups is 2. The molecule has 0 radical (unpaired) electrons. The van der Waals surface area contributed by atoms with Crippen LogP contribution in [-0.4, -0.2) is 49.1 Å². The van der Waals surface area contributed by atoms with Crippen LogP contribution in [0.5, 0.6) is 0 Å². The summed E-state index contributed by atoms with van der Waals surface area (Å²) in [6.07, 6.45) is 2.40. The number of esters is 2. The fourth-order valence-electron chi connectivity index (χ4n) is 0.753. The van der Waals surface area contributed by atoms with Gasteiger partial charge in [-0.2, -0.15) is 0 Å². The molecular formula is C13H20O6. The first-order chi connectivity index (χ1) is 9.03. The van der Waals surface area contributed by atoms with Crippen molar-refractivity contribution in [2.24, 2.45) is 0 Å². The lowest BCUT2D eigenvalue weighted by atomic mass is 10.3. The molecule has 19 heavy (non-hydrogen) atoms. The third kappa shape index (κ3) is 11.2. The Hall–Kier alpha value is -1.66. The van der Waals surface area contributed by atoms with E-state index in [9.17, 15) is 9.59 Å². The van der Waals surface area contributed by atoms with Crippen molar-refractivity contribution in [3.8, 4) is 0 Å². The van der Waals surface area contributed by atoms with Crippen molar-refractivity contribution < 1.29 is 28.9 Å². The molecule has 0 amide bonds. The highest BCUT2D eigenvalue weighted by molar-refractivity contribution is 5.81. The summed E-state index contributed by atoms with van der Waals surface area (Å²) in [5.74, 6) is -0.877. The number of aliphatic hydroxyl groups is 1. The zero-order valence-corrected chi connectivity index (χ0v) is 11.0. The van der Waals surface area contributed by atoms with Gasteiger partial charge in [-0.15, -0.1) is 0 Å². The standard InChI is InChI=1S/C7H12O3.C6H8O3/c1-3-6(8)5-10-7(9)4-2;1-2-6(7)9-4-5-3-8-5/h4,6,8H,2-3,5H2,1H3;2,5H,1,3-4H2. The van der Waals surface area contributed by atoms with Crippen LogP contribution in [0.25, 0.3) is 0 Å². The molecule has 1 N–H and O–H groups in total. The number of ether oxygens (including phenoxy) is 3. The predicted octanol–water partition coefficient (Wildman–Crippen LogP) is 0.601. The van der Waals surface area contributed by atoms with E-state index in [-0.39, 0.29) is 18.7 Å². The van der Waals surface area contributed by atoms with Gasteiger partial charge in [0.25, 0.3) is 0 Å². The van der Waals surface area contributed by atoms with Crippen molar-refractivity contribution in [1.29, 1.82) is 0 Å². The molecule has 0 spiro atoms. The topological polar surface area (TPSA) is 85.4 Å². The maximum absolute atomic E-state index is 10.4. The van der Waals surface area contributed by atoms with Crippen LogP contribution in [0.4, 0.5) is 0 Å².